The Hall–Kier alpha value is -2.43. The molecule has 0 heterocycles. The normalized spacial score (nSPS) is 10.3. The topological polar surface area (TPSA) is 55.1 Å². The minimum absolute atomic E-state index is 0.0272. The largest absolute Gasteiger partial charge is 0.399 e. The summed E-state index contributed by atoms with van der Waals surface area (Å²) < 4.78 is 25.8. The lowest BCUT2D eigenvalue weighted by atomic mass is 10.1. The number of nitrogen functional groups attached to an aromatic ring is 1. The molecule has 0 atom stereocenters. The lowest BCUT2D eigenvalue weighted by Gasteiger charge is -2.08. The Morgan fingerprint density at radius 2 is 1.90 bits per heavy atom. The lowest BCUT2D eigenvalue weighted by Crippen LogP contribution is -2.14. The molecule has 0 saturated carbocycles. The molecule has 2 rings (SSSR count). The molecule has 3 nitrogen and oxygen atoms in total. The molecule has 0 aliphatic rings. The SMILES string of the molecule is Cc1cc(NC(=O)Cc2ccc(F)c(F)c2)ccc1N. The molecule has 0 fully saturated rings. The predicted octanol–water partition coefficient (Wildman–Crippen LogP) is 3.04. The number of nitrogens with one attached hydrogen (secondary N) is 1. The fourth-order valence-corrected chi connectivity index (χ4v) is 1.79. The molecule has 20 heavy (non-hydrogen) atoms. The minimum Gasteiger partial charge on any atom is -0.399 e. The van der Waals surface area contributed by atoms with E-state index in [0.717, 1.165) is 17.7 Å². The number of amides is 1. The highest BCUT2D eigenvalue weighted by molar-refractivity contribution is 5.92. The summed E-state index contributed by atoms with van der Waals surface area (Å²) in [5, 5.41) is 2.68. The van der Waals surface area contributed by atoms with Crippen LogP contribution in [0.3, 0.4) is 0 Å². The van der Waals surface area contributed by atoms with Gasteiger partial charge in [0, 0.05) is 11.4 Å². The summed E-state index contributed by atoms with van der Waals surface area (Å²) in [5.74, 6) is -2.19. The standard InChI is InChI=1S/C15H14F2N2O/c1-9-6-11(3-5-14(9)18)19-15(20)8-10-2-4-12(16)13(17)7-10/h2-7H,8,18H2,1H3,(H,19,20). The van der Waals surface area contributed by atoms with Crippen LogP contribution in [-0.2, 0) is 11.2 Å². The number of carbonyl (C=O) groups is 1. The van der Waals surface area contributed by atoms with Gasteiger partial charge in [-0.05, 0) is 48.4 Å². The van der Waals surface area contributed by atoms with Gasteiger partial charge in [-0.1, -0.05) is 6.07 Å². The molecule has 0 aromatic heterocycles. The van der Waals surface area contributed by atoms with Gasteiger partial charge >= 0.3 is 0 Å². The maximum absolute atomic E-state index is 13.0. The van der Waals surface area contributed by atoms with Crippen molar-refractivity contribution in [3.05, 3.63) is 59.2 Å². The molecule has 0 radical (unpaired) electrons. The lowest BCUT2D eigenvalue weighted by molar-refractivity contribution is -0.115. The number of hydrogen-bond acceptors (Lipinski definition) is 2. The van der Waals surface area contributed by atoms with E-state index in [2.05, 4.69) is 5.32 Å². The van der Waals surface area contributed by atoms with E-state index < -0.39 is 11.6 Å². The maximum Gasteiger partial charge on any atom is 0.228 e. The third kappa shape index (κ3) is 3.32. The molecule has 2 aromatic carbocycles. The van der Waals surface area contributed by atoms with E-state index in [1.807, 2.05) is 6.92 Å². The molecule has 3 N–H and O–H groups in total. The minimum atomic E-state index is -0.960. The van der Waals surface area contributed by atoms with Crippen molar-refractivity contribution in [3.63, 3.8) is 0 Å². The van der Waals surface area contributed by atoms with Gasteiger partial charge in [0.05, 0.1) is 6.42 Å². The van der Waals surface area contributed by atoms with Crippen LogP contribution in [0.15, 0.2) is 36.4 Å². The zero-order valence-electron chi connectivity index (χ0n) is 10.9. The van der Waals surface area contributed by atoms with Crippen LogP contribution < -0.4 is 11.1 Å². The predicted molar refractivity (Wildman–Crippen MR) is 74.3 cm³/mol. The number of hydrogen-bond donors (Lipinski definition) is 2. The zero-order chi connectivity index (χ0) is 14.7. The van der Waals surface area contributed by atoms with Crippen molar-refractivity contribution in [3.8, 4) is 0 Å². The quantitative estimate of drug-likeness (QED) is 0.847. The fourth-order valence-electron chi connectivity index (χ4n) is 1.79. The van der Waals surface area contributed by atoms with Gasteiger partial charge in [0.2, 0.25) is 5.91 Å². The van der Waals surface area contributed by atoms with Crippen molar-refractivity contribution in [2.45, 2.75) is 13.3 Å². The first-order chi connectivity index (χ1) is 9.45. The molecule has 0 spiro atoms. The van der Waals surface area contributed by atoms with E-state index in [0.29, 0.717) is 16.9 Å². The summed E-state index contributed by atoms with van der Waals surface area (Å²) in [6, 6.07) is 8.53. The smallest absolute Gasteiger partial charge is 0.228 e. The van der Waals surface area contributed by atoms with Crippen LogP contribution in [0.4, 0.5) is 20.2 Å². The van der Waals surface area contributed by atoms with Gasteiger partial charge in [0.25, 0.3) is 0 Å². The Bertz CT molecular complexity index is 601. The second kappa shape index (κ2) is 5.69. The summed E-state index contributed by atoms with van der Waals surface area (Å²) in [5.41, 5.74) is 8.21. The van der Waals surface area contributed by atoms with Gasteiger partial charge in [-0.15, -0.1) is 0 Å². The monoisotopic (exact) mass is 276 g/mol. The summed E-state index contributed by atoms with van der Waals surface area (Å²) in [4.78, 5) is 11.8. The average molecular weight is 276 g/mol. The van der Waals surface area contributed by atoms with E-state index >= 15 is 0 Å². The number of anilines is 2. The average Bonchev–Trinajstić information content (AvgIpc) is 2.38. The van der Waals surface area contributed by atoms with Crippen molar-refractivity contribution in [1.29, 1.82) is 0 Å². The van der Waals surface area contributed by atoms with Gasteiger partial charge in [0.1, 0.15) is 0 Å². The molecular weight excluding hydrogens is 262 g/mol. The maximum atomic E-state index is 13.0. The second-order valence-electron chi connectivity index (χ2n) is 4.54. The Balaban J connectivity index is 2.04. The van der Waals surface area contributed by atoms with E-state index in [-0.39, 0.29) is 12.3 Å². The van der Waals surface area contributed by atoms with Crippen molar-refractivity contribution in [1.82, 2.24) is 0 Å². The molecular formula is C15H14F2N2O. The summed E-state index contributed by atoms with van der Waals surface area (Å²) in [6.07, 6.45) is -0.0272. The summed E-state index contributed by atoms with van der Waals surface area (Å²) in [7, 11) is 0. The molecule has 0 aliphatic carbocycles. The van der Waals surface area contributed by atoms with Crippen molar-refractivity contribution in [2.24, 2.45) is 0 Å². The van der Waals surface area contributed by atoms with Crippen molar-refractivity contribution < 1.29 is 13.6 Å². The number of aryl methyl sites for hydroxylation is 1. The first-order valence-electron chi connectivity index (χ1n) is 6.05. The Kier molecular flexibility index (Phi) is 3.98. The molecule has 0 unspecified atom stereocenters. The highest BCUT2D eigenvalue weighted by atomic mass is 19.2. The van der Waals surface area contributed by atoms with Crippen LogP contribution in [-0.4, -0.2) is 5.91 Å². The Morgan fingerprint density at radius 3 is 2.55 bits per heavy atom. The van der Waals surface area contributed by atoms with Gasteiger partial charge < -0.3 is 11.1 Å². The second-order valence-corrected chi connectivity index (χ2v) is 4.54. The van der Waals surface area contributed by atoms with E-state index in [1.54, 1.807) is 18.2 Å². The van der Waals surface area contributed by atoms with Crippen molar-refractivity contribution >= 4 is 17.3 Å². The number of rotatable bonds is 3. The van der Waals surface area contributed by atoms with Gasteiger partial charge in [0.15, 0.2) is 11.6 Å². The number of carbonyl (C=O) groups excluding carboxylic acids is 1. The van der Waals surface area contributed by atoms with Crippen LogP contribution in [0, 0.1) is 18.6 Å². The number of halogens is 2. The molecule has 104 valence electrons. The molecule has 0 aliphatic heterocycles. The van der Waals surface area contributed by atoms with Crippen LogP contribution >= 0.6 is 0 Å². The molecule has 0 saturated heterocycles. The summed E-state index contributed by atoms with van der Waals surface area (Å²) >= 11 is 0. The number of benzene rings is 2. The van der Waals surface area contributed by atoms with Crippen LogP contribution in [0.2, 0.25) is 0 Å². The number of nitrogens with two attached hydrogens (primary N) is 1. The fraction of sp³-hybridized carbons (Fsp3) is 0.133. The van der Waals surface area contributed by atoms with Crippen LogP contribution in [0.5, 0.6) is 0 Å². The molecule has 1 amide bonds. The van der Waals surface area contributed by atoms with E-state index in [9.17, 15) is 13.6 Å². The van der Waals surface area contributed by atoms with Gasteiger partial charge in [-0.3, -0.25) is 4.79 Å². The zero-order valence-corrected chi connectivity index (χ0v) is 10.9. The molecule has 5 heteroatoms. The molecule has 2 aromatic rings. The van der Waals surface area contributed by atoms with Crippen LogP contribution in [0.1, 0.15) is 11.1 Å². The highest BCUT2D eigenvalue weighted by Crippen LogP contribution is 2.17. The Labute approximate surface area is 115 Å². The third-order valence-electron chi connectivity index (χ3n) is 2.90. The third-order valence-corrected chi connectivity index (χ3v) is 2.90. The summed E-state index contributed by atoms with van der Waals surface area (Å²) in [6.45, 7) is 1.83. The Morgan fingerprint density at radius 1 is 1.15 bits per heavy atom. The van der Waals surface area contributed by atoms with E-state index in [1.165, 1.54) is 6.07 Å². The first kappa shape index (κ1) is 14.0. The van der Waals surface area contributed by atoms with Crippen LogP contribution in [0.25, 0.3) is 0 Å². The van der Waals surface area contributed by atoms with E-state index in [4.69, 9.17) is 5.73 Å². The molecule has 0 bridgehead atoms. The highest BCUT2D eigenvalue weighted by Gasteiger charge is 2.08. The van der Waals surface area contributed by atoms with Gasteiger partial charge in [-0.25, -0.2) is 8.78 Å². The van der Waals surface area contributed by atoms with Gasteiger partial charge in [-0.2, -0.15) is 0 Å². The first-order valence-corrected chi connectivity index (χ1v) is 6.05. The van der Waals surface area contributed by atoms with Crippen molar-refractivity contribution in [2.75, 3.05) is 11.1 Å².